The molecule has 0 aromatic carbocycles. The standard InChI is InChI=1S/C7H8N2O2S/c10-4-5-3-6(11)8-7-9(5)1-2-12-7/h3,10H,1-2,4H2. The van der Waals surface area contributed by atoms with Gasteiger partial charge < -0.3 is 9.67 Å². The highest BCUT2D eigenvalue weighted by Crippen LogP contribution is 2.22. The lowest BCUT2D eigenvalue weighted by Crippen LogP contribution is -2.15. The van der Waals surface area contributed by atoms with Crippen molar-refractivity contribution in [2.75, 3.05) is 5.75 Å². The van der Waals surface area contributed by atoms with E-state index in [1.54, 1.807) is 11.8 Å². The minimum atomic E-state index is -0.264. The zero-order valence-corrected chi connectivity index (χ0v) is 7.17. The molecule has 1 N–H and O–H groups in total. The second kappa shape index (κ2) is 2.91. The largest absolute Gasteiger partial charge is 0.390 e. The third-order valence-electron chi connectivity index (χ3n) is 1.78. The maximum atomic E-state index is 11.0. The fraction of sp³-hybridized carbons (Fsp3) is 0.429. The molecular weight excluding hydrogens is 176 g/mol. The van der Waals surface area contributed by atoms with Crippen molar-refractivity contribution in [2.45, 2.75) is 18.3 Å². The molecule has 64 valence electrons. The summed E-state index contributed by atoms with van der Waals surface area (Å²) in [6.07, 6.45) is 0. The Labute approximate surface area is 73.2 Å². The number of aliphatic hydroxyl groups is 1. The quantitative estimate of drug-likeness (QED) is 0.616. The van der Waals surface area contributed by atoms with Crippen LogP contribution in [0.25, 0.3) is 0 Å². The Morgan fingerprint density at radius 1 is 1.75 bits per heavy atom. The predicted molar refractivity (Wildman–Crippen MR) is 45.1 cm³/mol. The molecule has 4 nitrogen and oxygen atoms in total. The summed E-state index contributed by atoms with van der Waals surface area (Å²) in [5, 5.41) is 9.66. The van der Waals surface area contributed by atoms with E-state index < -0.39 is 0 Å². The Morgan fingerprint density at radius 3 is 3.33 bits per heavy atom. The van der Waals surface area contributed by atoms with Gasteiger partial charge in [0.2, 0.25) is 0 Å². The minimum Gasteiger partial charge on any atom is -0.390 e. The minimum absolute atomic E-state index is 0.0919. The number of hydrogen-bond donors (Lipinski definition) is 1. The second-order valence-electron chi connectivity index (χ2n) is 2.53. The summed E-state index contributed by atoms with van der Waals surface area (Å²) >= 11 is 1.55. The monoisotopic (exact) mass is 184 g/mol. The maximum absolute atomic E-state index is 11.0. The van der Waals surface area contributed by atoms with Crippen LogP contribution in [0, 0.1) is 0 Å². The van der Waals surface area contributed by atoms with Crippen molar-refractivity contribution in [2.24, 2.45) is 0 Å². The summed E-state index contributed by atoms with van der Waals surface area (Å²) in [4.78, 5) is 14.8. The molecule has 0 unspecified atom stereocenters. The number of hydrogen-bond acceptors (Lipinski definition) is 4. The smallest absolute Gasteiger partial charge is 0.273 e. The molecule has 0 amide bonds. The van der Waals surface area contributed by atoms with Gasteiger partial charge in [-0.2, -0.15) is 4.98 Å². The molecule has 12 heavy (non-hydrogen) atoms. The third kappa shape index (κ3) is 1.15. The molecule has 1 aromatic heterocycles. The summed E-state index contributed by atoms with van der Waals surface area (Å²) < 4.78 is 1.88. The van der Waals surface area contributed by atoms with Crippen molar-refractivity contribution in [1.29, 1.82) is 0 Å². The van der Waals surface area contributed by atoms with Gasteiger partial charge in [0.15, 0.2) is 5.16 Å². The number of fused-ring (bicyclic) bond motifs is 1. The Bertz CT molecular complexity index is 361. The van der Waals surface area contributed by atoms with Crippen molar-refractivity contribution < 1.29 is 5.11 Å². The lowest BCUT2D eigenvalue weighted by molar-refractivity contribution is 0.267. The van der Waals surface area contributed by atoms with E-state index in [2.05, 4.69) is 4.98 Å². The van der Waals surface area contributed by atoms with Crippen molar-refractivity contribution in [3.8, 4) is 0 Å². The average Bonchev–Trinajstić information content (AvgIpc) is 2.50. The Morgan fingerprint density at radius 2 is 2.58 bits per heavy atom. The van der Waals surface area contributed by atoms with Gasteiger partial charge in [-0.05, 0) is 0 Å². The van der Waals surface area contributed by atoms with E-state index in [0.717, 1.165) is 17.5 Å². The molecule has 2 heterocycles. The van der Waals surface area contributed by atoms with Crippen molar-refractivity contribution in [3.05, 3.63) is 22.1 Å². The number of aromatic nitrogens is 2. The second-order valence-corrected chi connectivity index (χ2v) is 3.59. The van der Waals surface area contributed by atoms with E-state index in [4.69, 9.17) is 5.11 Å². The van der Waals surface area contributed by atoms with E-state index in [1.807, 2.05) is 4.57 Å². The zero-order chi connectivity index (χ0) is 8.55. The first-order chi connectivity index (χ1) is 5.81. The molecule has 0 saturated carbocycles. The van der Waals surface area contributed by atoms with E-state index in [1.165, 1.54) is 6.07 Å². The number of aliphatic hydroxyl groups excluding tert-OH is 1. The third-order valence-corrected chi connectivity index (χ3v) is 2.74. The first-order valence-electron chi connectivity index (χ1n) is 3.65. The van der Waals surface area contributed by atoms with Crippen LogP contribution >= 0.6 is 11.8 Å². The van der Waals surface area contributed by atoms with Crippen LogP contribution in [0.2, 0.25) is 0 Å². The molecule has 5 heteroatoms. The van der Waals surface area contributed by atoms with E-state index >= 15 is 0 Å². The molecule has 1 aliphatic rings. The highest BCUT2D eigenvalue weighted by molar-refractivity contribution is 7.99. The van der Waals surface area contributed by atoms with E-state index in [-0.39, 0.29) is 12.2 Å². The first kappa shape index (κ1) is 7.82. The molecule has 0 spiro atoms. The summed E-state index contributed by atoms with van der Waals surface area (Å²) in [6, 6.07) is 1.38. The van der Waals surface area contributed by atoms with Gasteiger partial charge in [-0.25, -0.2) is 0 Å². The molecule has 0 fully saturated rings. The molecule has 0 bridgehead atoms. The van der Waals surface area contributed by atoms with Gasteiger partial charge in [0.1, 0.15) is 0 Å². The maximum Gasteiger partial charge on any atom is 0.273 e. The number of nitrogens with zero attached hydrogens (tertiary/aromatic N) is 2. The summed E-state index contributed by atoms with van der Waals surface area (Å²) in [5.74, 6) is 0.934. The van der Waals surface area contributed by atoms with Gasteiger partial charge in [0.25, 0.3) is 5.56 Å². The highest BCUT2D eigenvalue weighted by atomic mass is 32.2. The van der Waals surface area contributed by atoms with Crippen LogP contribution in [-0.4, -0.2) is 20.4 Å². The molecule has 1 aromatic rings. The normalized spacial score (nSPS) is 14.8. The van der Waals surface area contributed by atoms with Crippen molar-refractivity contribution in [3.63, 3.8) is 0 Å². The van der Waals surface area contributed by atoms with Crippen LogP contribution in [-0.2, 0) is 13.2 Å². The summed E-state index contributed by atoms with van der Waals surface area (Å²) in [5.41, 5.74) is 0.398. The van der Waals surface area contributed by atoms with Crippen LogP contribution in [0.15, 0.2) is 16.0 Å². The molecule has 2 rings (SSSR count). The number of thioether (sulfide) groups is 1. The molecule has 0 aliphatic carbocycles. The fourth-order valence-corrected chi connectivity index (χ4v) is 2.21. The van der Waals surface area contributed by atoms with Crippen LogP contribution in [0.3, 0.4) is 0 Å². The molecular formula is C7H8N2O2S. The summed E-state index contributed by atoms with van der Waals surface area (Å²) in [7, 11) is 0. The summed E-state index contributed by atoms with van der Waals surface area (Å²) in [6.45, 7) is 0.745. The predicted octanol–water partition coefficient (Wildman–Crippen LogP) is -0.159. The van der Waals surface area contributed by atoms with Gasteiger partial charge in [-0.3, -0.25) is 4.79 Å². The fourth-order valence-electron chi connectivity index (χ4n) is 1.24. The number of rotatable bonds is 1. The SMILES string of the molecule is O=c1cc(CO)n2c(n1)SCC2. The molecule has 0 atom stereocenters. The van der Waals surface area contributed by atoms with Crippen molar-refractivity contribution in [1.82, 2.24) is 9.55 Å². The Hall–Kier alpha value is -0.810. The van der Waals surface area contributed by atoms with E-state index in [9.17, 15) is 4.79 Å². The van der Waals surface area contributed by atoms with E-state index in [0.29, 0.717) is 5.69 Å². The van der Waals surface area contributed by atoms with Crippen LogP contribution in [0.5, 0.6) is 0 Å². The highest BCUT2D eigenvalue weighted by Gasteiger charge is 2.14. The van der Waals surface area contributed by atoms with Gasteiger partial charge in [-0.15, -0.1) is 0 Å². The molecule has 1 aliphatic heterocycles. The average molecular weight is 184 g/mol. The Kier molecular flexibility index (Phi) is 1.90. The lowest BCUT2D eigenvalue weighted by Gasteiger charge is -2.06. The van der Waals surface area contributed by atoms with Crippen molar-refractivity contribution >= 4 is 11.8 Å². The van der Waals surface area contributed by atoms with Crippen LogP contribution < -0.4 is 5.56 Å². The molecule has 0 radical (unpaired) electrons. The van der Waals surface area contributed by atoms with Gasteiger partial charge in [0, 0.05) is 18.4 Å². The van der Waals surface area contributed by atoms with Gasteiger partial charge in [0.05, 0.1) is 12.3 Å². The molecule has 0 saturated heterocycles. The van der Waals surface area contributed by atoms with Gasteiger partial charge >= 0.3 is 0 Å². The van der Waals surface area contributed by atoms with Gasteiger partial charge in [-0.1, -0.05) is 11.8 Å². The topological polar surface area (TPSA) is 55.1 Å². The first-order valence-corrected chi connectivity index (χ1v) is 4.64. The Balaban J connectivity index is 2.62. The van der Waals surface area contributed by atoms with Crippen LogP contribution in [0.1, 0.15) is 5.69 Å². The lowest BCUT2D eigenvalue weighted by atomic mass is 10.4. The zero-order valence-electron chi connectivity index (χ0n) is 6.36. The van der Waals surface area contributed by atoms with Crippen LogP contribution in [0.4, 0.5) is 0 Å².